The zero-order valence-corrected chi connectivity index (χ0v) is 19.9. The number of aryl methyl sites for hydroxylation is 1. The van der Waals surface area contributed by atoms with Crippen LogP contribution in [0.1, 0.15) is 45.2 Å². The van der Waals surface area contributed by atoms with E-state index in [2.05, 4.69) is 36.5 Å². The predicted molar refractivity (Wildman–Crippen MR) is 126 cm³/mol. The first kappa shape index (κ1) is 24.3. The fourth-order valence-electron chi connectivity index (χ4n) is 2.90. The lowest BCUT2D eigenvalue weighted by atomic mass is 10.1. The lowest BCUT2D eigenvalue weighted by Gasteiger charge is -2.31. The molecule has 0 aliphatic carbocycles. The van der Waals surface area contributed by atoms with Crippen molar-refractivity contribution in [2.24, 2.45) is 0 Å². The molecule has 2 aromatic carbocycles. The van der Waals surface area contributed by atoms with Crippen LogP contribution in [0.25, 0.3) is 0 Å². The largest absolute Gasteiger partial charge is 0.350 e. The lowest BCUT2D eigenvalue weighted by Crippen LogP contribution is -2.52. The smallest absolute Gasteiger partial charge is 0.242 e. The summed E-state index contributed by atoms with van der Waals surface area (Å²) in [5, 5.41) is 3.56. The van der Waals surface area contributed by atoms with Gasteiger partial charge in [0.05, 0.1) is 0 Å². The molecule has 6 heteroatoms. The summed E-state index contributed by atoms with van der Waals surface area (Å²) in [6, 6.07) is 15.1. The molecular formula is C24H31ClN2O2S. The Kier molecular flexibility index (Phi) is 8.80. The first-order valence-corrected chi connectivity index (χ1v) is 11.5. The topological polar surface area (TPSA) is 49.4 Å². The van der Waals surface area contributed by atoms with Gasteiger partial charge in [-0.15, -0.1) is 11.8 Å². The number of hydrogen-bond donors (Lipinski definition) is 1. The van der Waals surface area contributed by atoms with E-state index in [9.17, 15) is 9.59 Å². The Bertz CT molecular complexity index is 862. The highest BCUT2D eigenvalue weighted by Crippen LogP contribution is 2.22. The molecule has 0 bridgehead atoms. The number of carbonyl (C=O) groups excluding carboxylic acids is 2. The molecule has 2 aromatic rings. The summed E-state index contributed by atoms with van der Waals surface area (Å²) in [5.74, 6) is 0.411. The number of nitrogens with zero attached hydrogens (tertiary/aromatic N) is 1. The van der Waals surface area contributed by atoms with Crippen LogP contribution in [-0.2, 0) is 16.1 Å². The van der Waals surface area contributed by atoms with Gasteiger partial charge in [0.25, 0.3) is 0 Å². The number of amides is 2. The summed E-state index contributed by atoms with van der Waals surface area (Å²) in [7, 11) is 0. The second-order valence-corrected chi connectivity index (χ2v) is 10.0. The Labute approximate surface area is 189 Å². The molecule has 2 amide bonds. The van der Waals surface area contributed by atoms with Crippen molar-refractivity contribution in [3.8, 4) is 0 Å². The second-order valence-electron chi connectivity index (χ2n) is 8.44. The molecule has 1 N–H and O–H groups in total. The first-order valence-electron chi connectivity index (χ1n) is 10.1. The number of nitrogens with one attached hydrogen (secondary N) is 1. The molecule has 162 valence electrons. The van der Waals surface area contributed by atoms with Crippen LogP contribution >= 0.6 is 23.4 Å². The van der Waals surface area contributed by atoms with Crippen molar-refractivity contribution >= 4 is 35.2 Å². The SMILES string of the molecule is Cc1ccc(SCCC(=O)N(Cc2ccccc2Cl)[C@@H](C)C(=O)NC(C)(C)C)cc1. The van der Waals surface area contributed by atoms with Crippen molar-refractivity contribution in [3.05, 3.63) is 64.7 Å². The number of carbonyl (C=O) groups is 2. The molecule has 0 spiro atoms. The third kappa shape index (κ3) is 7.69. The van der Waals surface area contributed by atoms with Crippen LogP contribution < -0.4 is 5.32 Å². The van der Waals surface area contributed by atoms with E-state index in [0.717, 1.165) is 10.5 Å². The molecule has 0 saturated carbocycles. The van der Waals surface area contributed by atoms with Crippen molar-refractivity contribution in [2.45, 2.75) is 64.1 Å². The summed E-state index contributed by atoms with van der Waals surface area (Å²) in [6.07, 6.45) is 0.343. The maximum Gasteiger partial charge on any atom is 0.242 e. The zero-order chi connectivity index (χ0) is 22.3. The maximum atomic E-state index is 13.1. The van der Waals surface area contributed by atoms with Crippen molar-refractivity contribution in [3.63, 3.8) is 0 Å². The van der Waals surface area contributed by atoms with Crippen LogP contribution in [0, 0.1) is 6.92 Å². The van der Waals surface area contributed by atoms with E-state index in [-0.39, 0.29) is 17.4 Å². The van der Waals surface area contributed by atoms with Gasteiger partial charge in [0, 0.05) is 34.2 Å². The average molecular weight is 447 g/mol. The van der Waals surface area contributed by atoms with Crippen LogP contribution in [0.2, 0.25) is 5.02 Å². The molecule has 0 radical (unpaired) electrons. The van der Waals surface area contributed by atoms with Gasteiger partial charge in [-0.3, -0.25) is 9.59 Å². The van der Waals surface area contributed by atoms with E-state index in [1.807, 2.05) is 39.0 Å². The van der Waals surface area contributed by atoms with Crippen LogP contribution in [0.15, 0.2) is 53.4 Å². The van der Waals surface area contributed by atoms with Crippen molar-refractivity contribution < 1.29 is 9.59 Å². The lowest BCUT2D eigenvalue weighted by molar-refractivity contribution is -0.140. The van der Waals surface area contributed by atoms with Gasteiger partial charge in [0.1, 0.15) is 6.04 Å². The molecular weight excluding hydrogens is 416 g/mol. The quantitative estimate of drug-likeness (QED) is 0.547. The van der Waals surface area contributed by atoms with Gasteiger partial charge in [-0.2, -0.15) is 0 Å². The minimum Gasteiger partial charge on any atom is -0.350 e. The number of rotatable bonds is 8. The summed E-state index contributed by atoms with van der Waals surface area (Å²) < 4.78 is 0. The van der Waals surface area contributed by atoms with Gasteiger partial charge < -0.3 is 10.2 Å². The van der Waals surface area contributed by atoms with E-state index in [1.165, 1.54) is 5.56 Å². The maximum absolute atomic E-state index is 13.1. The van der Waals surface area contributed by atoms with Crippen LogP contribution in [0.4, 0.5) is 0 Å². The van der Waals surface area contributed by atoms with Crippen molar-refractivity contribution in [1.82, 2.24) is 10.2 Å². The van der Waals surface area contributed by atoms with Crippen LogP contribution in [-0.4, -0.2) is 34.0 Å². The molecule has 0 heterocycles. The number of thioether (sulfide) groups is 1. The Morgan fingerprint density at radius 2 is 1.73 bits per heavy atom. The van der Waals surface area contributed by atoms with Crippen LogP contribution in [0.5, 0.6) is 0 Å². The van der Waals surface area contributed by atoms with Gasteiger partial charge in [-0.1, -0.05) is 47.5 Å². The first-order chi connectivity index (χ1) is 14.1. The molecule has 0 fully saturated rings. The Morgan fingerprint density at radius 3 is 2.33 bits per heavy atom. The van der Waals surface area contributed by atoms with E-state index in [1.54, 1.807) is 29.7 Å². The zero-order valence-electron chi connectivity index (χ0n) is 18.4. The van der Waals surface area contributed by atoms with Crippen molar-refractivity contribution in [1.29, 1.82) is 0 Å². The number of hydrogen-bond acceptors (Lipinski definition) is 3. The summed E-state index contributed by atoms with van der Waals surface area (Å²) in [4.78, 5) is 28.6. The van der Waals surface area contributed by atoms with Gasteiger partial charge in [-0.25, -0.2) is 0 Å². The number of benzene rings is 2. The third-order valence-electron chi connectivity index (χ3n) is 4.57. The van der Waals surface area contributed by atoms with Gasteiger partial charge in [-0.05, 0) is 58.4 Å². The highest BCUT2D eigenvalue weighted by atomic mass is 35.5. The Morgan fingerprint density at radius 1 is 1.10 bits per heavy atom. The van der Waals surface area contributed by atoms with E-state index in [4.69, 9.17) is 11.6 Å². The third-order valence-corrected chi connectivity index (χ3v) is 5.95. The molecule has 2 rings (SSSR count). The van der Waals surface area contributed by atoms with Gasteiger partial charge in [0.2, 0.25) is 11.8 Å². The molecule has 0 saturated heterocycles. The molecule has 0 aromatic heterocycles. The molecule has 0 aliphatic rings. The average Bonchev–Trinajstić information content (AvgIpc) is 2.67. The monoisotopic (exact) mass is 446 g/mol. The molecule has 0 aliphatic heterocycles. The van der Waals surface area contributed by atoms with E-state index < -0.39 is 6.04 Å². The Balaban J connectivity index is 2.10. The summed E-state index contributed by atoms with van der Waals surface area (Å²) in [6.45, 7) is 9.89. The fourth-order valence-corrected chi connectivity index (χ4v) is 3.94. The molecule has 4 nitrogen and oxygen atoms in total. The molecule has 0 unspecified atom stereocenters. The number of halogens is 1. The van der Waals surface area contributed by atoms with Crippen LogP contribution in [0.3, 0.4) is 0 Å². The fraction of sp³-hybridized carbons (Fsp3) is 0.417. The minimum atomic E-state index is -0.600. The van der Waals surface area contributed by atoms with Gasteiger partial charge >= 0.3 is 0 Å². The highest BCUT2D eigenvalue weighted by molar-refractivity contribution is 7.99. The second kappa shape index (κ2) is 10.9. The predicted octanol–water partition coefficient (Wildman–Crippen LogP) is 5.46. The normalized spacial score (nSPS) is 12.3. The van der Waals surface area contributed by atoms with E-state index >= 15 is 0 Å². The van der Waals surface area contributed by atoms with E-state index in [0.29, 0.717) is 23.7 Å². The molecule has 30 heavy (non-hydrogen) atoms. The molecule has 1 atom stereocenters. The summed E-state index contributed by atoms with van der Waals surface area (Å²) >= 11 is 7.96. The minimum absolute atomic E-state index is 0.0638. The summed E-state index contributed by atoms with van der Waals surface area (Å²) in [5.41, 5.74) is 1.67. The highest BCUT2D eigenvalue weighted by Gasteiger charge is 2.28. The standard InChI is InChI=1S/C24H31ClN2O2S/c1-17-10-12-20(13-11-17)30-15-14-22(28)27(16-19-8-6-7-9-21(19)25)18(2)23(29)26-24(3,4)5/h6-13,18H,14-16H2,1-5H3,(H,26,29)/t18-/m0/s1. The Hall–Kier alpha value is -1.98. The van der Waals surface area contributed by atoms with Crippen molar-refractivity contribution in [2.75, 3.05) is 5.75 Å². The van der Waals surface area contributed by atoms with Gasteiger partial charge in [0.15, 0.2) is 0 Å².